The third-order valence-corrected chi connectivity index (χ3v) is 3.30. The highest BCUT2D eigenvalue weighted by Crippen LogP contribution is 2.35. The first-order chi connectivity index (χ1) is 8.04. The molecular formula is C10H11N3O3S. The van der Waals surface area contributed by atoms with E-state index >= 15 is 0 Å². The number of methoxy groups -OCH3 is 1. The minimum atomic E-state index is -0.978. The van der Waals surface area contributed by atoms with Gasteiger partial charge < -0.3 is 9.84 Å². The van der Waals surface area contributed by atoms with Gasteiger partial charge in [-0.2, -0.15) is 5.10 Å². The van der Waals surface area contributed by atoms with Crippen LogP contribution >= 0.6 is 11.3 Å². The Bertz CT molecular complexity index is 573. The average Bonchev–Trinajstić information content (AvgIpc) is 2.82. The van der Waals surface area contributed by atoms with E-state index in [1.807, 2.05) is 6.92 Å². The van der Waals surface area contributed by atoms with Crippen LogP contribution < -0.4 is 4.74 Å². The van der Waals surface area contributed by atoms with Crippen molar-refractivity contribution in [3.8, 4) is 16.5 Å². The van der Waals surface area contributed by atoms with Gasteiger partial charge in [0.15, 0.2) is 0 Å². The Kier molecular flexibility index (Phi) is 2.84. The lowest BCUT2D eigenvalue weighted by Crippen LogP contribution is -1.95. The molecule has 2 aromatic rings. The summed E-state index contributed by atoms with van der Waals surface area (Å²) in [7, 11) is 3.31. The summed E-state index contributed by atoms with van der Waals surface area (Å²) in [5.74, 6) is -0.400. The Morgan fingerprint density at radius 2 is 2.29 bits per heavy atom. The number of aryl methyl sites for hydroxylation is 2. The second-order valence-electron chi connectivity index (χ2n) is 3.43. The van der Waals surface area contributed by atoms with Crippen LogP contribution in [0.15, 0.2) is 6.20 Å². The quantitative estimate of drug-likeness (QED) is 0.898. The Morgan fingerprint density at radius 3 is 2.82 bits per heavy atom. The second kappa shape index (κ2) is 4.17. The van der Waals surface area contributed by atoms with E-state index in [0.717, 1.165) is 22.6 Å². The molecule has 90 valence electrons. The number of aromatic carboxylic acids is 1. The van der Waals surface area contributed by atoms with Gasteiger partial charge in [-0.3, -0.25) is 0 Å². The van der Waals surface area contributed by atoms with Crippen molar-refractivity contribution in [1.82, 2.24) is 14.8 Å². The van der Waals surface area contributed by atoms with Gasteiger partial charge in [-0.15, -0.1) is 11.3 Å². The molecule has 7 heteroatoms. The maximum Gasteiger partial charge on any atom is 0.347 e. The summed E-state index contributed by atoms with van der Waals surface area (Å²) in [5.41, 5.74) is 1.50. The molecule has 2 aromatic heterocycles. The van der Waals surface area contributed by atoms with E-state index in [9.17, 15) is 4.79 Å². The molecule has 2 rings (SSSR count). The van der Waals surface area contributed by atoms with Crippen LogP contribution in [-0.2, 0) is 7.05 Å². The molecule has 0 atom stereocenters. The number of carbonyl (C=O) groups is 1. The maximum absolute atomic E-state index is 10.8. The summed E-state index contributed by atoms with van der Waals surface area (Å²) < 4.78 is 6.84. The molecule has 0 saturated heterocycles. The van der Waals surface area contributed by atoms with Crippen LogP contribution in [0, 0.1) is 6.92 Å². The number of aromatic nitrogens is 3. The lowest BCUT2D eigenvalue weighted by atomic mass is 10.2. The number of ether oxygens (including phenoxy) is 1. The highest BCUT2D eigenvalue weighted by molar-refractivity contribution is 7.16. The van der Waals surface area contributed by atoms with Crippen molar-refractivity contribution in [2.24, 2.45) is 7.05 Å². The number of hydrogen-bond acceptors (Lipinski definition) is 5. The van der Waals surface area contributed by atoms with Gasteiger partial charge in [-0.1, -0.05) is 0 Å². The van der Waals surface area contributed by atoms with Crippen LogP contribution in [0.5, 0.6) is 5.88 Å². The SMILES string of the molecule is COc1c(-c2ncc(C(=O)O)s2)c(C)nn1C. The molecular weight excluding hydrogens is 242 g/mol. The van der Waals surface area contributed by atoms with E-state index < -0.39 is 5.97 Å². The van der Waals surface area contributed by atoms with Gasteiger partial charge in [0.05, 0.1) is 24.6 Å². The smallest absolute Gasteiger partial charge is 0.347 e. The fourth-order valence-electron chi connectivity index (χ4n) is 1.61. The maximum atomic E-state index is 10.8. The van der Waals surface area contributed by atoms with Crippen LogP contribution in [0.1, 0.15) is 15.4 Å². The van der Waals surface area contributed by atoms with Gasteiger partial charge in [0.2, 0.25) is 5.88 Å². The number of rotatable bonds is 3. The van der Waals surface area contributed by atoms with Crippen molar-refractivity contribution < 1.29 is 14.6 Å². The standard InChI is InChI=1S/C10H11N3O3S/c1-5-7(9(16-3)13(2)12-5)8-11-4-6(17-8)10(14)15/h4H,1-3H3,(H,14,15). The molecule has 0 bridgehead atoms. The lowest BCUT2D eigenvalue weighted by molar-refractivity contribution is 0.0702. The highest BCUT2D eigenvalue weighted by Gasteiger charge is 2.20. The molecule has 1 N–H and O–H groups in total. The Hall–Kier alpha value is -1.89. The number of hydrogen-bond donors (Lipinski definition) is 1. The lowest BCUT2D eigenvalue weighted by Gasteiger charge is -2.01. The van der Waals surface area contributed by atoms with Crippen LogP contribution in [-0.4, -0.2) is 33.0 Å². The van der Waals surface area contributed by atoms with Crippen molar-refractivity contribution in [3.05, 3.63) is 16.8 Å². The monoisotopic (exact) mass is 253 g/mol. The Labute approximate surface area is 101 Å². The Balaban J connectivity index is 2.55. The Morgan fingerprint density at radius 1 is 1.59 bits per heavy atom. The van der Waals surface area contributed by atoms with Crippen molar-refractivity contribution in [2.75, 3.05) is 7.11 Å². The predicted molar refractivity (Wildman–Crippen MR) is 62.6 cm³/mol. The fourth-order valence-corrected chi connectivity index (χ4v) is 2.45. The molecule has 0 aromatic carbocycles. The van der Waals surface area contributed by atoms with Crippen molar-refractivity contribution >= 4 is 17.3 Å². The molecule has 0 saturated carbocycles. The van der Waals surface area contributed by atoms with Crippen molar-refractivity contribution in [3.63, 3.8) is 0 Å². The van der Waals surface area contributed by atoms with E-state index in [0.29, 0.717) is 10.9 Å². The molecule has 0 aliphatic heterocycles. The number of carboxylic acid groups (broad SMARTS) is 1. The zero-order chi connectivity index (χ0) is 12.6. The molecule has 17 heavy (non-hydrogen) atoms. The fraction of sp³-hybridized carbons (Fsp3) is 0.300. The van der Waals surface area contributed by atoms with Crippen molar-refractivity contribution in [1.29, 1.82) is 0 Å². The van der Waals surface area contributed by atoms with Crippen molar-refractivity contribution in [2.45, 2.75) is 6.92 Å². The number of nitrogens with zero attached hydrogens (tertiary/aromatic N) is 3. The third-order valence-electron chi connectivity index (χ3n) is 2.29. The number of thiazole rings is 1. The first-order valence-electron chi connectivity index (χ1n) is 4.81. The van der Waals surface area contributed by atoms with Gasteiger partial charge in [0.25, 0.3) is 0 Å². The predicted octanol–water partition coefficient (Wildman–Crippen LogP) is 1.56. The van der Waals surface area contributed by atoms with Crippen LogP contribution in [0.25, 0.3) is 10.6 Å². The average molecular weight is 253 g/mol. The topological polar surface area (TPSA) is 77.2 Å². The highest BCUT2D eigenvalue weighted by atomic mass is 32.1. The van der Waals surface area contributed by atoms with Crippen LogP contribution in [0.2, 0.25) is 0 Å². The summed E-state index contributed by atoms with van der Waals surface area (Å²) >= 11 is 1.11. The van der Waals surface area contributed by atoms with E-state index in [2.05, 4.69) is 10.1 Å². The van der Waals surface area contributed by atoms with E-state index in [-0.39, 0.29) is 4.88 Å². The zero-order valence-corrected chi connectivity index (χ0v) is 10.4. The first kappa shape index (κ1) is 11.6. The summed E-state index contributed by atoms with van der Waals surface area (Å²) in [6.07, 6.45) is 1.34. The molecule has 6 nitrogen and oxygen atoms in total. The van der Waals surface area contributed by atoms with Gasteiger partial charge in [-0.25, -0.2) is 14.5 Å². The van der Waals surface area contributed by atoms with Crippen LogP contribution in [0.4, 0.5) is 0 Å². The minimum absolute atomic E-state index is 0.199. The normalized spacial score (nSPS) is 10.5. The zero-order valence-electron chi connectivity index (χ0n) is 9.59. The molecule has 0 aliphatic carbocycles. The molecule has 0 unspecified atom stereocenters. The van der Waals surface area contributed by atoms with Gasteiger partial charge in [-0.05, 0) is 6.92 Å². The largest absolute Gasteiger partial charge is 0.481 e. The second-order valence-corrected chi connectivity index (χ2v) is 4.46. The van der Waals surface area contributed by atoms with E-state index in [1.165, 1.54) is 6.20 Å². The number of carboxylic acids is 1. The van der Waals surface area contributed by atoms with Gasteiger partial charge in [0.1, 0.15) is 9.88 Å². The molecule has 0 aliphatic rings. The van der Waals surface area contributed by atoms with E-state index in [4.69, 9.17) is 9.84 Å². The van der Waals surface area contributed by atoms with Crippen LogP contribution in [0.3, 0.4) is 0 Å². The minimum Gasteiger partial charge on any atom is -0.481 e. The summed E-state index contributed by atoms with van der Waals surface area (Å²) in [6.45, 7) is 1.83. The summed E-state index contributed by atoms with van der Waals surface area (Å²) in [4.78, 5) is 15.1. The van der Waals surface area contributed by atoms with E-state index in [1.54, 1.807) is 18.8 Å². The molecule has 0 spiro atoms. The molecule has 0 fully saturated rings. The summed E-state index contributed by atoms with van der Waals surface area (Å²) in [6, 6.07) is 0. The molecule has 2 heterocycles. The summed E-state index contributed by atoms with van der Waals surface area (Å²) in [5, 5.41) is 13.7. The molecule has 0 amide bonds. The van der Waals surface area contributed by atoms with Gasteiger partial charge in [0, 0.05) is 7.05 Å². The third kappa shape index (κ3) is 1.89. The first-order valence-corrected chi connectivity index (χ1v) is 5.63. The molecule has 0 radical (unpaired) electrons. The van der Waals surface area contributed by atoms with Gasteiger partial charge >= 0.3 is 5.97 Å².